The fourth-order valence-electron chi connectivity index (χ4n) is 0.704. The number of nitrogens with two attached hydrogens (primary N) is 1. The van der Waals surface area contributed by atoms with Crippen LogP contribution in [0.2, 0.25) is 0 Å². The van der Waals surface area contributed by atoms with Crippen molar-refractivity contribution < 1.29 is 9.90 Å². The number of aromatic nitrogens is 2. The van der Waals surface area contributed by atoms with E-state index in [9.17, 15) is 4.79 Å². The van der Waals surface area contributed by atoms with Crippen molar-refractivity contribution in [3.05, 3.63) is 17.7 Å². The maximum Gasteiger partial charge on any atom is 0.270 e. The minimum atomic E-state index is -0.640. The number of nitrogens with one attached hydrogen (secondary N) is 1. The average Bonchev–Trinajstić information content (AvgIpc) is 2.48. The van der Waals surface area contributed by atoms with Crippen molar-refractivity contribution in [2.24, 2.45) is 5.73 Å². The van der Waals surface area contributed by atoms with Crippen LogP contribution in [0.3, 0.4) is 0 Å². The number of H-pyrrole nitrogens is 1. The standard InChI is InChI=1S/C7H7N3O2/c8-7(12)6-5(2-1-3-11)9-4-10-6/h4,11H,3H2,(H2,8,12)(H,9,10). The van der Waals surface area contributed by atoms with E-state index in [4.69, 9.17) is 10.8 Å². The van der Waals surface area contributed by atoms with Crippen molar-refractivity contribution in [2.75, 3.05) is 6.61 Å². The van der Waals surface area contributed by atoms with Crippen LogP contribution in [-0.2, 0) is 0 Å². The van der Waals surface area contributed by atoms with Gasteiger partial charge in [-0.1, -0.05) is 5.92 Å². The largest absolute Gasteiger partial charge is 0.384 e. The van der Waals surface area contributed by atoms with Gasteiger partial charge in [-0.25, -0.2) is 4.98 Å². The van der Waals surface area contributed by atoms with Crippen LogP contribution < -0.4 is 5.73 Å². The highest BCUT2D eigenvalue weighted by atomic mass is 16.2. The normalized spacial score (nSPS) is 8.75. The Hall–Kier alpha value is -1.80. The van der Waals surface area contributed by atoms with Gasteiger partial charge >= 0.3 is 0 Å². The maximum absolute atomic E-state index is 10.7. The Balaban J connectivity index is 2.99. The predicted molar refractivity (Wildman–Crippen MR) is 41.1 cm³/mol. The molecule has 5 heteroatoms. The van der Waals surface area contributed by atoms with Crippen molar-refractivity contribution in [3.63, 3.8) is 0 Å². The first-order valence-electron chi connectivity index (χ1n) is 3.18. The second-order valence-electron chi connectivity index (χ2n) is 1.95. The van der Waals surface area contributed by atoms with E-state index in [1.54, 1.807) is 0 Å². The molecule has 1 aromatic rings. The first kappa shape index (κ1) is 8.30. The zero-order valence-corrected chi connectivity index (χ0v) is 6.16. The summed E-state index contributed by atoms with van der Waals surface area (Å²) in [5.74, 6) is 4.24. The molecule has 0 atom stereocenters. The summed E-state index contributed by atoms with van der Waals surface area (Å²) in [6.07, 6.45) is 1.32. The molecule has 4 N–H and O–H groups in total. The molecule has 1 amide bonds. The third kappa shape index (κ3) is 1.62. The predicted octanol–water partition coefficient (Wildman–Crippen LogP) is -1.15. The quantitative estimate of drug-likeness (QED) is 0.459. The molecule has 0 bridgehead atoms. The van der Waals surface area contributed by atoms with Gasteiger partial charge in [-0.3, -0.25) is 4.79 Å². The van der Waals surface area contributed by atoms with Gasteiger partial charge < -0.3 is 15.8 Å². The highest BCUT2D eigenvalue weighted by Crippen LogP contribution is 1.98. The Morgan fingerprint density at radius 3 is 3.17 bits per heavy atom. The van der Waals surface area contributed by atoms with Crippen LogP contribution in [0.25, 0.3) is 0 Å². The number of primary amides is 1. The monoisotopic (exact) mass is 165 g/mol. The van der Waals surface area contributed by atoms with E-state index in [2.05, 4.69) is 21.8 Å². The number of carbonyl (C=O) groups excluding carboxylic acids is 1. The van der Waals surface area contributed by atoms with Crippen molar-refractivity contribution >= 4 is 5.91 Å². The summed E-state index contributed by atoms with van der Waals surface area (Å²) in [4.78, 5) is 16.9. The number of rotatable bonds is 1. The topological polar surface area (TPSA) is 92.0 Å². The molecule has 0 aliphatic carbocycles. The zero-order valence-electron chi connectivity index (χ0n) is 6.16. The van der Waals surface area contributed by atoms with E-state index >= 15 is 0 Å². The number of nitrogens with zero attached hydrogens (tertiary/aromatic N) is 1. The Morgan fingerprint density at radius 2 is 2.58 bits per heavy atom. The van der Waals surface area contributed by atoms with E-state index in [-0.39, 0.29) is 12.3 Å². The maximum atomic E-state index is 10.7. The summed E-state index contributed by atoms with van der Waals surface area (Å²) < 4.78 is 0. The minimum absolute atomic E-state index is 0.0935. The molecular formula is C7H7N3O2. The molecule has 0 fully saturated rings. The van der Waals surface area contributed by atoms with Crippen LogP contribution in [0.5, 0.6) is 0 Å². The molecule has 5 nitrogen and oxygen atoms in total. The lowest BCUT2D eigenvalue weighted by Gasteiger charge is -1.86. The second kappa shape index (κ2) is 3.55. The number of amides is 1. The highest BCUT2D eigenvalue weighted by molar-refractivity contribution is 5.92. The molecule has 0 saturated carbocycles. The molecule has 1 aromatic heterocycles. The van der Waals surface area contributed by atoms with Gasteiger partial charge in [0.2, 0.25) is 0 Å². The minimum Gasteiger partial charge on any atom is -0.384 e. The van der Waals surface area contributed by atoms with E-state index in [1.165, 1.54) is 6.33 Å². The second-order valence-corrected chi connectivity index (χ2v) is 1.95. The number of carbonyl (C=O) groups is 1. The third-order valence-electron chi connectivity index (χ3n) is 1.17. The summed E-state index contributed by atoms with van der Waals surface area (Å²) in [5.41, 5.74) is 5.40. The van der Waals surface area contributed by atoms with Crippen LogP contribution in [0.1, 0.15) is 16.2 Å². The first-order chi connectivity index (χ1) is 5.75. The molecule has 0 aliphatic rings. The lowest BCUT2D eigenvalue weighted by molar-refractivity contribution is 0.0996. The summed E-state index contributed by atoms with van der Waals surface area (Å²) in [6.45, 7) is -0.267. The van der Waals surface area contributed by atoms with E-state index in [0.29, 0.717) is 5.69 Å². The number of hydrogen-bond acceptors (Lipinski definition) is 3. The van der Waals surface area contributed by atoms with Crippen molar-refractivity contribution in [2.45, 2.75) is 0 Å². The summed E-state index contributed by atoms with van der Waals surface area (Å²) in [5, 5.41) is 8.37. The summed E-state index contributed by atoms with van der Waals surface area (Å²) in [7, 11) is 0. The highest BCUT2D eigenvalue weighted by Gasteiger charge is 2.07. The van der Waals surface area contributed by atoms with E-state index in [0.717, 1.165) is 0 Å². The molecule has 0 spiro atoms. The zero-order chi connectivity index (χ0) is 8.97. The van der Waals surface area contributed by atoms with Gasteiger partial charge in [-0.2, -0.15) is 0 Å². The van der Waals surface area contributed by atoms with Crippen molar-refractivity contribution in [3.8, 4) is 11.8 Å². The molecule has 0 aromatic carbocycles. The van der Waals surface area contributed by atoms with E-state index < -0.39 is 5.91 Å². The molecule has 0 saturated heterocycles. The third-order valence-corrected chi connectivity index (χ3v) is 1.17. The molecular weight excluding hydrogens is 158 g/mol. The van der Waals surface area contributed by atoms with Crippen molar-refractivity contribution in [1.29, 1.82) is 0 Å². The molecule has 62 valence electrons. The number of hydrogen-bond donors (Lipinski definition) is 3. The Kier molecular flexibility index (Phi) is 2.46. The molecule has 1 heterocycles. The Morgan fingerprint density at radius 1 is 1.83 bits per heavy atom. The number of aromatic amines is 1. The SMILES string of the molecule is NC(=O)c1nc[nH]c1C#CCO. The Labute approximate surface area is 68.6 Å². The van der Waals surface area contributed by atoms with E-state index in [1.807, 2.05) is 0 Å². The lowest BCUT2D eigenvalue weighted by atomic mass is 10.3. The van der Waals surface area contributed by atoms with Gasteiger partial charge in [-0.15, -0.1) is 0 Å². The Bertz CT molecular complexity index is 345. The fraction of sp³-hybridized carbons (Fsp3) is 0.143. The van der Waals surface area contributed by atoms with Crippen LogP contribution in [0.4, 0.5) is 0 Å². The summed E-state index contributed by atoms with van der Waals surface area (Å²) >= 11 is 0. The lowest BCUT2D eigenvalue weighted by Crippen LogP contribution is -2.12. The summed E-state index contributed by atoms with van der Waals surface area (Å²) in [6, 6.07) is 0. The number of aliphatic hydroxyl groups excluding tert-OH is 1. The van der Waals surface area contributed by atoms with Gasteiger partial charge in [0, 0.05) is 0 Å². The van der Waals surface area contributed by atoms with Gasteiger partial charge in [0.1, 0.15) is 12.3 Å². The van der Waals surface area contributed by atoms with Gasteiger partial charge in [0.15, 0.2) is 5.69 Å². The fourth-order valence-corrected chi connectivity index (χ4v) is 0.704. The number of imidazole rings is 1. The smallest absolute Gasteiger partial charge is 0.270 e. The first-order valence-corrected chi connectivity index (χ1v) is 3.18. The number of aliphatic hydroxyl groups is 1. The molecule has 0 unspecified atom stereocenters. The molecule has 1 rings (SSSR count). The molecule has 0 radical (unpaired) electrons. The van der Waals surface area contributed by atoms with Gasteiger partial charge in [0.05, 0.1) is 6.33 Å². The van der Waals surface area contributed by atoms with Crippen LogP contribution >= 0.6 is 0 Å². The molecule has 12 heavy (non-hydrogen) atoms. The van der Waals surface area contributed by atoms with Gasteiger partial charge in [-0.05, 0) is 5.92 Å². The van der Waals surface area contributed by atoms with Gasteiger partial charge in [0.25, 0.3) is 5.91 Å². The van der Waals surface area contributed by atoms with Crippen LogP contribution in [0, 0.1) is 11.8 Å². The average molecular weight is 165 g/mol. The van der Waals surface area contributed by atoms with Crippen LogP contribution in [0.15, 0.2) is 6.33 Å². The van der Waals surface area contributed by atoms with Crippen LogP contribution in [-0.4, -0.2) is 27.6 Å². The van der Waals surface area contributed by atoms with Crippen molar-refractivity contribution in [1.82, 2.24) is 9.97 Å². The molecule has 0 aliphatic heterocycles.